The Morgan fingerprint density at radius 2 is 1.23 bits per heavy atom. The normalized spacial score (nSPS) is 15.3. The van der Waals surface area contributed by atoms with Gasteiger partial charge in [0.2, 0.25) is 0 Å². The van der Waals surface area contributed by atoms with Gasteiger partial charge in [0, 0.05) is 60.4 Å². The molecule has 1 saturated heterocycles. The first-order valence-electron chi connectivity index (χ1n) is 19.1. The van der Waals surface area contributed by atoms with E-state index in [-0.39, 0.29) is 5.91 Å². The van der Waals surface area contributed by atoms with E-state index in [1.807, 2.05) is 17.5 Å². The van der Waals surface area contributed by atoms with Crippen LogP contribution in [0.1, 0.15) is 110 Å². The van der Waals surface area contributed by atoms with Crippen LogP contribution in [0.25, 0.3) is 11.3 Å². The smallest absolute Gasteiger partial charge is 0.257 e. The molecular weight excluding hydrogens is 697 g/mol. The molecule has 5 nitrogen and oxygen atoms in total. The monoisotopic (exact) mass is 760 g/mol. The van der Waals surface area contributed by atoms with E-state index < -0.39 is 20.1 Å². The molecule has 1 aromatic heterocycles. The molecule has 0 saturated carbocycles. The summed E-state index contributed by atoms with van der Waals surface area (Å²) in [7, 11) is -0.276. The number of anilines is 1. The Labute approximate surface area is 323 Å². The average Bonchev–Trinajstić information content (AvgIpc) is 3.54. The summed E-state index contributed by atoms with van der Waals surface area (Å²) in [5.41, 5.74) is 5.61. The third-order valence-corrected chi connectivity index (χ3v) is 21.7. The number of thiazole rings is 1. The fourth-order valence-corrected chi connectivity index (χ4v) is 17.1. The van der Waals surface area contributed by atoms with Gasteiger partial charge in [-0.3, -0.25) is 15.0 Å². The highest BCUT2D eigenvalue weighted by molar-refractivity contribution is 8.39. The van der Waals surface area contributed by atoms with Gasteiger partial charge in [-0.25, -0.2) is 4.98 Å². The molecule has 0 spiro atoms. The van der Waals surface area contributed by atoms with E-state index in [9.17, 15) is 4.79 Å². The van der Waals surface area contributed by atoms with Crippen LogP contribution in [0.3, 0.4) is 0 Å². The van der Waals surface area contributed by atoms with E-state index in [2.05, 4.69) is 158 Å². The van der Waals surface area contributed by atoms with Crippen LogP contribution in [0.4, 0.5) is 5.13 Å². The molecule has 0 unspecified atom stereocenters. The molecule has 1 N–H and O–H groups in total. The van der Waals surface area contributed by atoms with Crippen molar-refractivity contribution in [2.24, 2.45) is 0 Å². The van der Waals surface area contributed by atoms with Crippen LogP contribution in [0.15, 0.2) is 47.8 Å². The SMILES string of the molecule is CC(C)S(C#Cc1ccc(-c2csc(NC(=O)c3ccc(CN4CCN(C)CC4)cc3)n2)cc1C#CS(C(C)C)(C(C)C)C(C)C)(C(C)C)C(C)C. The van der Waals surface area contributed by atoms with Gasteiger partial charge in [-0.2, -0.15) is 20.1 Å². The summed E-state index contributed by atoms with van der Waals surface area (Å²) >= 11 is 1.45. The Hall–Kier alpha value is -2.72. The first kappa shape index (κ1) is 42.0. The Morgan fingerprint density at radius 1 is 0.731 bits per heavy atom. The molecule has 0 aliphatic carbocycles. The maximum absolute atomic E-state index is 13.2. The summed E-state index contributed by atoms with van der Waals surface area (Å²) in [6, 6.07) is 14.4. The molecule has 1 fully saturated rings. The van der Waals surface area contributed by atoms with Crippen LogP contribution in [-0.4, -0.2) is 85.4 Å². The fourth-order valence-electron chi connectivity index (χ4n) is 7.83. The first-order chi connectivity index (χ1) is 24.5. The van der Waals surface area contributed by atoms with Gasteiger partial charge in [-0.15, -0.1) is 11.3 Å². The number of nitrogens with one attached hydrogen (secondary N) is 1. The number of hydrogen-bond donors (Lipinski definition) is 1. The predicted octanol–water partition coefficient (Wildman–Crippen LogP) is 10.5. The highest BCUT2D eigenvalue weighted by Gasteiger charge is 2.34. The lowest BCUT2D eigenvalue weighted by atomic mass is 10.0. The van der Waals surface area contributed by atoms with Gasteiger partial charge >= 0.3 is 0 Å². The first-order valence-corrected chi connectivity index (χ1v) is 23.6. The van der Waals surface area contributed by atoms with Crippen LogP contribution >= 0.6 is 31.4 Å². The lowest BCUT2D eigenvalue weighted by Crippen LogP contribution is -2.43. The number of hydrogen-bond acceptors (Lipinski definition) is 5. The number of nitrogens with zero attached hydrogens (tertiary/aromatic N) is 3. The summed E-state index contributed by atoms with van der Waals surface area (Å²) in [6.45, 7) is 33.3. The van der Waals surface area contributed by atoms with Crippen molar-refractivity contribution in [1.82, 2.24) is 14.8 Å². The van der Waals surface area contributed by atoms with E-state index in [1.165, 1.54) is 16.9 Å². The van der Waals surface area contributed by atoms with Gasteiger partial charge in [0.05, 0.1) is 5.69 Å². The van der Waals surface area contributed by atoms with Crippen LogP contribution in [0.2, 0.25) is 0 Å². The molecule has 2 heterocycles. The van der Waals surface area contributed by atoms with Crippen molar-refractivity contribution in [2.75, 3.05) is 38.5 Å². The van der Waals surface area contributed by atoms with Crippen LogP contribution in [0, 0.1) is 22.3 Å². The molecular formula is C44H64N4OS3. The third kappa shape index (κ3) is 9.49. The van der Waals surface area contributed by atoms with Gasteiger partial charge < -0.3 is 4.90 Å². The maximum atomic E-state index is 13.2. The zero-order chi connectivity index (χ0) is 38.4. The Kier molecular flexibility index (Phi) is 14.6. The largest absolute Gasteiger partial charge is 0.304 e. The summed E-state index contributed by atoms with van der Waals surface area (Å²) in [5.74, 6) is 7.27. The van der Waals surface area contributed by atoms with Gasteiger partial charge in [0.25, 0.3) is 5.91 Å². The van der Waals surface area contributed by atoms with E-state index in [4.69, 9.17) is 4.98 Å². The van der Waals surface area contributed by atoms with Crippen molar-refractivity contribution < 1.29 is 4.79 Å². The maximum Gasteiger partial charge on any atom is 0.257 e. The number of rotatable bonds is 11. The van der Waals surface area contributed by atoms with Crippen LogP contribution in [0.5, 0.6) is 0 Å². The predicted molar refractivity (Wildman–Crippen MR) is 234 cm³/mol. The molecule has 1 amide bonds. The van der Waals surface area contributed by atoms with E-state index in [0.717, 1.165) is 55.1 Å². The van der Waals surface area contributed by atoms with E-state index in [0.29, 0.717) is 42.2 Å². The lowest BCUT2D eigenvalue weighted by molar-refractivity contribution is 0.102. The average molecular weight is 761 g/mol. The molecule has 1 aliphatic heterocycles. The molecule has 0 atom stereocenters. The molecule has 284 valence electrons. The number of benzene rings is 2. The van der Waals surface area contributed by atoms with Crippen LogP contribution in [-0.2, 0) is 6.54 Å². The minimum Gasteiger partial charge on any atom is -0.304 e. The number of piperazine rings is 1. The Bertz CT molecular complexity index is 1730. The second-order valence-corrected chi connectivity index (χ2v) is 25.8. The zero-order valence-electron chi connectivity index (χ0n) is 34.1. The van der Waals surface area contributed by atoms with Gasteiger partial charge in [-0.05, 0) is 78.9 Å². The summed E-state index contributed by atoms with van der Waals surface area (Å²) in [5, 5.41) is 16.4. The number of amides is 1. The summed E-state index contributed by atoms with van der Waals surface area (Å²) < 4.78 is 0. The van der Waals surface area contributed by atoms with Crippen molar-refractivity contribution in [3.8, 4) is 33.6 Å². The van der Waals surface area contributed by atoms with Gasteiger partial charge in [-0.1, -0.05) is 113 Å². The van der Waals surface area contributed by atoms with Gasteiger partial charge in [0.15, 0.2) is 5.13 Å². The standard InChI is InChI=1S/C44H64N4OS3/c1-31(2)51(32(3)4,33(5)6)26-20-38-18-19-41(28-40(38)21-27-52(34(7)8,35(9)10)36(11)12)42-30-50-44(45-42)46-43(49)39-16-14-37(15-17-39)29-48-24-22-47(13)23-25-48/h14-19,28,30-36H,22-25,29H2,1-13H3,(H,45,46,49). The number of likely N-dealkylation sites (N-methyl/N-ethyl adjacent to an activating group) is 1. The molecule has 3 aromatic rings. The second kappa shape index (κ2) is 18.1. The quantitative estimate of drug-likeness (QED) is 0.198. The summed E-state index contributed by atoms with van der Waals surface area (Å²) in [6.07, 6.45) is 0. The number of carbonyl (C=O) groups excluding carboxylic acids is 1. The molecule has 0 radical (unpaired) electrons. The van der Waals surface area contributed by atoms with E-state index >= 15 is 0 Å². The van der Waals surface area contributed by atoms with Crippen molar-refractivity contribution in [3.63, 3.8) is 0 Å². The third-order valence-electron chi connectivity index (χ3n) is 10.7. The molecule has 8 heteroatoms. The topological polar surface area (TPSA) is 48.5 Å². The second-order valence-electron chi connectivity index (χ2n) is 15.8. The Morgan fingerprint density at radius 3 is 1.73 bits per heavy atom. The zero-order valence-corrected chi connectivity index (χ0v) is 36.5. The fraction of sp³-hybridized carbons (Fsp3) is 0.545. The van der Waals surface area contributed by atoms with E-state index in [1.54, 1.807) is 0 Å². The van der Waals surface area contributed by atoms with Crippen molar-refractivity contribution in [3.05, 3.63) is 70.1 Å². The van der Waals surface area contributed by atoms with Crippen molar-refractivity contribution >= 4 is 42.4 Å². The molecule has 2 aromatic carbocycles. The van der Waals surface area contributed by atoms with Crippen molar-refractivity contribution in [2.45, 2.75) is 121 Å². The van der Waals surface area contributed by atoms with Crippen molar-refractivity contribution in [1.29, 1.82) is 0 Å². The minimum absolute atomic E-state index is 0.147. The number of aromatic nitrogens is 1. The van der Waals surface area contributed by atoms with Crippen LogP contribution < -0.4 is 5.32 Å². The molecule has 4 rings (SSSR count). The lowest BCUT2D eigenvalue weighted by Gasteiger charge is -2.46. The summed E-state index contributed by atoms with van der Waals surface area (Å²) in [4.78, 5) is 22.9. The Balaban J connectivity index is 1.65. The highest BCUT2D eigenvalue weighted by atomic mass is 32.3. The highest BCUT2D eigenvalue weighted by Crippen LogP contribution is 2.60. The van der Waals surface area contributed by atoms with Gasteiger partial charge in [0.1, 0.15) is 0 Å². The molecule has 1 aliphatic rings. The minimum atomic E-state index is -1.24. The molecule has 0 bridgehead atoms. The molecule has 52 heavy (non-hydrogen) atoms. The number of carbonyl (C=O) groups is 1.